The summed E-state index contributed by atoms with van der Waals surface area (Å²) in [7, 11) is 1.39. The predicted molar refractivity (Wildman–Crippen MR) is 67.3 cm³/mol. The molecule has 0 aliphatic carbocycles. The quantitative estimate of drug-likeness (QED) is 0.759. The van der Waals surface area contributed by atoms with Crippen LogP contribution in [0, 0.1) is 11.8 Å². The van der Waals surface area contributed by atoms with Crippen LogP contribution in [0.3, 0.4) is 0 Å². The summed E-state index contributed by atoms with van der Waals surface area (Å²) >= 11 is 5.77. The molecule has 0 fully saturated rings. The molecule has 0 heterocycles. The van der Waals surface area contributed by atoms with E-state index in [4.69, 9.17) is 21.1 Å². The van der Waals surface area contributed by atoms with Crippen molar-refractivity contribution in [2.45, 2.75) is 13.8 Å². The van der Waals surface area contributed by atoms with Crippen LogP contribution in [0.4, 0.5) is 0 Å². The topological polar surface area (TPSA) is 35.5 Å². The summed E-state index contributed by atoms with van der Waals surface area (Å²) in [6.07, 6.45) is 0. The number of benzene rings is 1. The van der Waals surface area contributed by atoms with E-state index in [9.17, 15) is 4.79 Å². The minimum atomic E-state index is -0.254. The molecule has 1 aromatic rings. The van der Waals surface area contributed by atoms with Gasteiger partial charge < -0.3 is 9.47 Å². The molecular formula is C13H17ClO3. The number of ether oxygens (including phenoxy) is 2. The lowest BCUT2D eigenvalue weighted by molar-refractivity contribution is -0.148. The van der Waals surface area contributed by atoms with Crippen molar-refractivity contribution in [1.29, 1.82) is 0 Å². The number of hydrogen-bond donors (Lipinski definition) is 0. The van der Waals surface area contributed by atoms with Gasteiger partial charge in [0, 0.05) is 5.02 Å². The van der Waals surface area contributed by atoms with Crippen molar-refractivity contribution in [3.05, 3.63) is 29.3 Å². The lowest BCUT2D eigenvalue weighted by atomic mass is 9.97. The zero-order valence-corrected chi connectivity index (χ0v) is 11.0. The number of carbonyl (C=O) groups is 1. The number of carbonyl (C=O) groups excluding carboxylic acids is 1. The number of esters is 1. The molecule has 94 valence electrons. The highest BCUT2D eigenvalue weighted by Crippen LogP contribution is 2.19. The second-order valence-electron chi connectivity index (χ2n) is 4.14. The zero-order valence-electron chi connectivity index (χ0n) is 10.3. The minimum Gasteiger partial charge on any atom is -0.493 e. The largest absolute Gasteiger partial charge is 0.493 e. The van der Waals surface area contributed by atoms with Crippen molar-refractivity contribution in [3.8, 4) is 5.75 Å². The summed E-state index contributed by atoms with van der Waals surface area (Å²) in [6.45, 7) is 4.24. The third kappa shape index (κ3) is 4.27. The highest BCUT2D eigenvalue weighted by atomic mass is 35.5. The molecule has 0 N–H and O–H groups in total. The van der Waals surface area contributed by atoms with E-state index in [0.29, 0.717) is 17.4 Å². The van der Waals surface area contributed by atoms with Gasteiger partial charge in [0.2, 0.25) is 0 Å². The van der Waals surface area contributed by atoms with Gasteiger partial charge in [-0.25, -0.2) is 0 Å². The van der Waals surface area contributed by atoms with Gasteiger partial charge in [0.25, 0.3) is 0 Å². The molecule has 3 nitrogen and oxygen atoms in total. The Bertz CT molecular complexity index is 359. The molecule has 1 atom stereocenters. The van der Waals surface area contributed by atoms with Crippen molar-refractivity contribution in [2.75, 3.05) is 13.7 Å². The first-order valence-corrected chi connectivity index (χ1v) is 5.88. The molecule has 0 radical (unpaired) electrons. The Labute approximate surface area is 107 Å². The summed E-state index contributed by atoms with van der Waals surface area (Å²) in [6, 6.07) is 7.05. The van der Waals surface area contributed by atoms with Gasteiger partial charge in [0.05, 0.1) is 13.0 Å². The first kappa shape index (κ1) is 13.8. The average molecular weight is 257 g/mol. The van der Waals surface area contributed by atoms with Gasteiger partial charge in [-0.15, -0.1) is 0 Å². The first-order valence-electron chi connectivity index (χ1n) is 5.50. The molecule has 0 aromatic heterocycles. The van der Waals surface area contributed by atoms with Gasteiger partial charge >= 0.3 is 5.97 Å². The molecular weight excluding hydrogens is 240 g/mol. The molecule has 1 unspecified atom stereocenters. The van der Waals surface area contributed by atoms with E-state index in [1.54, 1.807) is 24.3 Å². The highest BCUT2D eigenvalue weighted by Gasteiger charge is 2.23. The lowest BCUT2D eigenvalue weighted by Crippen LogP contribution is -2.27. The van der Waals surface area contributed by atoms with E-state index in [1.807, 2.05) is 13.8 Å². The summed E-state index contributed by atoms with van der Waals surface area (Å²) in [5, 5.41) is 0.658. The molecule has 0 bridgehead atoms. The fourth-order valence-electron chi connectivity index (χ4n) is 1.40. The van der Waals surface area contributed by atoms with Crippen molar-refractivity contribution >= 4 is 17.6 Å². The maximum atomic E-state index is 11.5. The van der Waals surface area contributed by atoms with Gasteiger partial charge in [-0.3, -0.25) is 4.79 Å². The van der Waals surface area contributed by atoms with Gasteiger partial charge in [-0.1, -0.05) is 25.4 Å². The smallest absolute Gasteiger partial charge is 0.312 e. The Morgan fingerprint density at radius 2 is 1.88 bits per heavy atom. The van der Waals surface area contributed by atoms with Gasteiger partial charge in [0.1, 0.15) is 12.4 Å². The van der Waals surface area contributed by atoms with E-state index < -0.39 is 0 Å². The summed E-state index contributed by atoms with van der Waals surface area (Å²) in [5.74, 6) is 0.378. The Balaban J connectivity index is 2.58. The molecule has 0 amide bonds. The van der Waals surface area contributed by atoms with E-state index in [1.165, 1.54) is 7.11 Å². The van der Waals surface area contributed by atoms with Crippen LogP contribution in [0.5, 0.6) is 5.75 Å². The molecule has 0 spiro atoms. The minimum absolute atomic E-state index is 0.176. The second kappa shape index (κ2) is 6.50. The normalized spacial score (nSPS) is 12.3. The Kier molecular flexibility index (Phi) is 5.29. The molecule has 0 aliphatic heterocycles. The van der Waals surface area contributed by atoms with Crippen LogP contribution in [0.2, 0.25) is 5.02 Å². The van der Waals surface area contributed by atoms with Gasteiger partial charge in [-0.2, -0.15) is 0 Å². The van der Waals surface area contributed by atoms with E-state index >= 15 is 0 Å². The summed E-state index contributed by atoms with van der Waals surface area (Å²) in [4.78, 5) is 11.5. The number of rotatable bonds is 5. The number of hydrogen-bond acceptors (Lipinski definition) is 3. The van der Waals surface area contributed by atoms with Gasteiger partial charge in [-0.05, 0) is 30.2 Å². The molecule has 0 saturated heterocycles. The van der Waals surface area contributed by atoms with Crippen LogP contribution in [0.25, 0.3) is 0 Å². The van der Waals surface area contributed by atoms with E-state index in [0.717, 1.165) is 0 Å². The van der Waals surface area contributed by atoms with Crippen LogP contribution in [0.15, 0.2) is 24.3 Å². The number of halogens is 1. The zero-order chi connectivity index (χ0) is 12.8. The third-order valence-corrected chi connectivity index (χ3v) is 2.80. The highest BCUT2D eigenvalue weighted by molar-refractivity contribution is 6.30. The standard InChI is InChI=1S/C13H17ClO3/c1-9(2)12(13(15)16-3)8-17-11-6-4-10(14)5-7-11/h4-7,9,12H,8H2,1-3H3. The third-order valence-electron chi connectivity index (χ3n) is 2.55. The fourth-order valence-corrected chi connectivity index (χ4v) is 1.53. The van der Waals surface area contributed by atoms with Crippen LogP contribution >= 0.6 is 11.6 Å². The Morgan fingerprint density at radius 1 is 1.29 bits per heavy atom. The van der Waals surface area contributed by atoms with E-state index in [2.05, 4.69) is 0 Å². The van der Waals surface area contributed by atoms with Crippen LogP contribution in [-0.4, -0.2) is 19.7 Å². The SMILES string of the molecule is COC(=O)C(COc1ccc(Cl)cc1)C(C)C. The van der Waals surface area contributed by atoms with Gasteiger partial charge in [0.15, 0.2) is 0 Å². The van der Waals surface area contributed by atoms with Crippen molar-refractivity contribution in [3.63, 3.8) is 0 Å². The fraction of sp³-hybridized carbons (Fsp3) is 0.462. The molecule has 4 heteroatoms. The van der Waals surface area contributed by atoms with Crippen molar-refractivity contribution < 1.29 is 14.3 Å². The van der Waals surface area contributed by atoms with E-state index in [-0.39, 0.29) is 17.8 Å². The monoisotopic (exact) mass is 256 g/mol. The Morgan fingerprint density at radius 3 is 2.35 bits per heavy atom. The maximum Gasteiger partial charge on any atom is 0.312 e. The van der Waals surface area contributed by atoms with Crippen LogP contribution in [-0.2, 0) is 9.53 Å². The molecule has 17 heavy (non-hydrogen) atoms. The first-order chi connectivity index (χ1) is 8.04. The molecule has 1 rings (SSSR count). The van der Waals surface area contributed by atoms with Crippen molar-refractivity contribution in [1.82, 2.24) is 0 Å². The Hall–Kier alpha value is -1.22. The summed E-state index contributed by atoms with van der Waals surface area (Å²) < 4.78 is 10.3. The maximum absolute atomic E-state index is 11.5. The van der Waals surface area contributed by atoms with Crippen LogP contribution in [0.1, 0.15) is 13.8 Å². The molecule has 1 aromatic carbocycles. The average Bonchev–Trinajstić information content (AvgIpc) is 2.31. The summed E-state index contributed by atoms with van der Waals surface area (Å²) in [5.41, 5.74) is 0. The van der Waals surface area contributed by atoms with Crippen LogP contribution < -0.4 is 4.74 Å². The predicted octanol–water partition coefficient (Wildman–Crippen LogP) is 3.16. The molecule has 0 saturated carbocycles. The second-order valence-corrected chi connectivity index (χ2v) is 4.58. The molecule has 0 aliphatic rings. The number of methoxy groups -OCH3 is 1. The van der Waals surface area contributed by atoms with Crippen molar-refractivity contribution in [2.24, 2.45) is 11.8 Å². The lowest BCUT2D eigenvalue weighted by Gasteiger charge is -2.18.